The Morgan fingerprint density at radius 1 is 1.17 bits per heavy atom. The van der Waals surface area contributed by atoms with Gasteiger partial charge in [0.05, 0.1) is 29.9 Å². The van der Waals surface area contributed by atoms with E-state index in [1.54, 1.807) is 49.2 Å². The van der Waals surface area contributed by atoms with Gasteiger partial charge in [0.1, 0.15) is 12.1 Å². The Balaban J connectivity index is 1.72. The van der Waals surface area contributed by atoms with Gasteiger partial charge < -0.3 is 19.3 Å². The van der Waals surface area contributed by atoms with Gasteiger partial charge >= 0.3 is 7.60 Å². The molecule has 2 amide bonds. The summed E-state index contributed by atoms with van der Waals surface area (Å²) in [4.78, 5) is 32.9. The Kier molecular flexibility index (Phi) is 7.31. The lowest BCUT2D eigenvalue weighted by Crippen LogP contribution is -2.27. The number of carbonyl (C=O) groups is 2. The Morgan fingerprint density at radius 3 is 2.51 bits per heavy atom. The largest absolute Gasteiger partial charge is 0.349 e. The van der Waals surface area contributed by atoms with E-state index in [4.69, 9.17) is 9.05 Å². The molecule has 0 spiro atoms. The SMILES string of the molecule is CCOP(=O)(CNC(=O)c1c2c(c(C)c3ncccc13)C(=O)N(Cc1ccc(F)cc1)C2)OCC. The van der Waals surface area contributed by atoms with Crippen molar-refractivity contribution in [2.45, 2.75) is 33.9 Å². The van der Waals surface area contributed by atoms with Crippen LogP contribution in [-0.2, 0) is 26.7 Å². The van der Waals surface area contributed by atoms with Crippen molar-refractivity contribution in [2.75, 3.05) is 19.5 Å². The summed E-state index contributed by atoms with van der Waals surface area (Å²) >= 11 is 0. The Bertz CT molecular complexity index is 1320. The van der Waals surface area contributed by atoms with Crippen molar-refractivity contribution in [1.29, 1.82) is 0 Å². The number of benzene rings is 2. The molecule has 2 aromatic carbocycles. The standard InChI is InChI=1S/C25H27FN3O5P/c1-4-33-35(32,34-5-2)15-28-24(30)22-19-7-6-12-27-23(19)16(3)21-20(22)14-29(25(21)31)13-17-8-10-18(26)11-9-17/h6-12H,4-5,13-15H2,1-3H3,(H,28,30). The molecule has 0 saturated heterocycles. The molecule has 0 aliphatic carbocycles. The van der Waals surface area contributed by atoms with Gasteiger partial charge in [0.15, 0.2) is 0 Å². The molecule has 0 radical (unpaired) electrons. The van der Waals surface area contributed by atoms with Crippen LogP contribution in [-0.4, -0.2) is 41.2 Å². The maximum atomic E-state index is 13.5. The van der Waals surface area contributed by atoms with Crippen molar-refractivity contribution >= 4 is 30.3 Å². The number of carbonyl (C=O) groups excluding carboxylic acids is 2. The molecule has 0 atom stereocenters. The highest BCUT2D eigenvalue weighted by Gasteiger charge is 2.35. The number of nitrogens with one attached hydrogen (secondary N) is 1. The van der Waals surface area contributed by atoms with E-state index in [1.807, 2.05) is 6.92 Å². The van der Waals surface area contributed by atoms with Crippen molar-refractivity contribution in [3.8, 4) is 0 Å². The van der Waals surface area contributed by atoms with Crippen molar-refractivity contribution in [1.82, 2.24) is 15.2 Å². The minimum absolute atomic E-state index is 0.173. The molecule has 1 aromatic heterocycles. The maximum absolute atomic E-state index is 13.5. The summed E-state index contributed by atoms with van der Waals surface area (Å²) in [6, 6.07) is 9.46. The first-order chi connectivity index (χ1) is 16.8. The van der Waals surface area contributed by atoms with Crippen LogP contribution in [0.15, 0.2) is 42.6 Å². The number of rotatable bonds is 9. The molecule has 0 saturated carbocycles. The van der Waals surface area contributed by atoms with Gasteiger partial charge in [-0.05, 0) is 55.7 Å². The molecule has 1 aliphatic heterocycles. The molecule has 10 heteroatoms. The third-order valence-corrected chi connectivity index (χ3v) is 7.71. The molecule has 0 bridgehead atoms. The van der Waals surface area contributed by atoms with E-state index in [-0.39, 0.29) is 44.3 Å². The first-order valence-electron chi connectivity index (χ1n) is 11.4. The van der Waals surface area contributed by atoms with Crippen LogP contribution < -0.4 is 5.32 Å². The molecule has 3 aromatic rings. The number of nitrogens with zero attached hydrogens (tertiary/aromatic N) is 2. The predicted molar refractivity (Wildman–Crippen MR) is 130 cm³/mol. The van der Waals surface area contributed by atoms with Gasteiger partial charge in [-0.1, -0.05) is 18.2 Å². The lowest BCUT2D eigenvalue weighted by molar-refractivity contribution is 0.0765. The van der Waals surface area contributed by atoms with Crippen LogP contribution >= 0.6 is 7.60 Å². The zero-order valence-electron chi connectivity index (χ0n) is 19.8. The van der Waals surface area contributed by atoms with Gasteiger partial charge in [-0.25, -0.2) is 4.39 Å². The lowest BCUT2D eigenvalue weighted by atomic mass is 9.93. The number of halogens is 1. The van der Waals surface area contributed by atoms with E-state index in [1.165, 1.54) is 12.1 Å². The highest BCUT2D eigenvalue weighted by atomic mass is 31.2. The number of aryl methyl sites for hydroxylation is 1. The summed E-state index contributed by atoms with van der Waals surface area (Å²) < 4.78 is 36.8. The van der Waals surface area contributed by atoms with Crippen molar-refractivity contribution in [3.63, 3.8) is 0 Å². The molecule has 0 unspecified atom stereocenters. The molecular formula is C25H27FN3O5P. The van der Waals surface area contributed by atoms with Gasteiger partial charge in [0.2, 0.25) is 0 Å². The molecule has 35 heavy (non-hydrogen) atoms. The molecule has 184 valence electrons. The summed E-state index contributed by atoms with van der Waals surface area (Å²) in [5.41, 5.74) is 3.33. The van der Waals surface area contributed by atoms with Crippen molar-refractivity contribution in [3.05, 3.63) is 76.2 Å². The molecule has 1 N–H and O–H groups in total. The number of fused-ring (bicyclic) bond motifs is 2. The van der Waals surface area contributed by atoms with Gasteiger partial charge in [-0.15, -0.1) is 0 Å². The van der Waals surface area contributed by atoms with E-state index in [0.29, 0.717) is 33.2 Å². The van der Waals surface area contributed by atoms with Gasteiger partial charge in [0.25, 0.3) is 11.8 Å². The summed E-state index contributed by atoms with van der Waals surface area (Å²) in [5, 5.41) is 3.28. The van der Waals surface area contributed by atoms with Crippen LogP contribution in [0.3, 0.4) is 0 Å². The third-order valence-electron chi connectivity index (χ3n) is 5.86. The number of pyridine rings is 1. The fraction of sp³-hybridized carbons (Fsp3) is 0.320. The molecule has 1 aliphatic rings. The average Bonchev–Trinajstić information content (AvgIpc) is 3.15. The zero-order valence-corrected chi connectivity index (χ0v) is 20.7. The Hall–Kier alpha value is -3.13. The minimum atomic E-state index is -3.51. The second-order valence-corrected chi connectivity index (χ2v) is 10.2. The van der Waals surface area contributed by atoms with E-state index in [0.717, 1.165) is 5.56 Å². The van der Waals surface area contributed by atoms with Gasteiger partial charge in [0, 0.05) is 24.7 Å². The van der Waals surface area contributed by atoms with Crippen molar-refractivity contribution < 1.29 is 27.6 Å². The van der Waals surface area contributed by atoms with Crippen LogP contribution in [0.4, 0.5) is 4.39 Å². The minimum Gasteiger partial charge on any atom is -0.340 e. The Labute approximate surface area is 203 Å². The molecule has 8 nitrogen and oxygen atoms in total. The number of amides is 2. The second-order valence-electron chi connectivity index (χ2n) is 8.15. The van der Waals surface area contributed by atoms with E-state index < -0.39 is 13.5 Å². The maximum Gasteiger partial charge on any atom is 0.349 e. The highest BCUT2D eigenvalue weighted by Crippen LogP contribution is 2.47. The number of hydrogen-bond donors (Lipinski definition) is 1. The van der Waals surface area contributed by atoms with Gasteiger partial charge in [-0.3, -0.25) is 19.1 Å². The first-order valence-corrected chi connectivity index (χ1v) is 13.1. The third kappa shape index (κ3) is 4.98. The summed E-state index contributed by atoms with van der Waals surface area (Å²) in [6.07, 6.45) is 1.31. The predicted octanol–water partition coefficient (Wildman–Crippen LogP) is 4.79. The summed E-state index contributed by atoms with van der Waals surface area (Å²) in [7, 11) is -3.51. The number of aromatic nitrogens is 1. The van der Waals surface area contributed by atoms with Crippen LogP contribution in [0.5, 0.6) is 0 Å². The van der Waals surface area contributed by atoms with Crippen molar-refractivity contribution in [2.24, 2.45) is 0 Å². The number of hydrogen-bond acceptors (Lipinski definition) is 6. The van der Waals surface area contributed by atoms with Crippen LogP contribution in [0.25, 0.3) is 10.9 Å². The van der Waals surface area contributed by atoms with Crippen LogP contribution in [0.1, 0.15) is 51.3 Å². The fourth-order valence-corrected chi connectivity index (χ4v) is 5.76. The molecular weight excluding hydrogens is 472 g/mol. The Morgan fingerprint density at radius 2 is 1.86 bits per heavy atom. The topological polar surface area (TPSA) is 97.8 Å². The van der Waals surface area contributed by atoms with Crippen LogP contribution in [0, 0.1) is 12.7 Å². The summed E-state index contributed by atoms with van der Waals surface area (Å²) in [6.45, 7) is 6.02. The van der Waals surface area contributed by atoms with E-state index >= 15 is 0 Å². The quantitative estimate of drug-likeness (QED) is 0.425. The molecule has 0 fully saturated rings. The lowest BCUT2D eigenvalue weighted by Gasteiger charge is -2.19. The molecule has 2 heterocycles. The summed E-state index contributed by atoms with van der Waals surface area (Å²) in [5.74, 6) is -1.07. The monoisotopic (exact) mass is 499 g/mol. The normalized spacial score (nSPS) is 13.4. The fourth-order valence-electron chi connectivity index (χ4n) is 4.38. The van der Waals surface area contributed by atoms with E-state index in [9.17, 15) is 18.5 Å². The van der Waals surface area contributed by atoms with E-state index in [2.05, 4.69) is 10.3 Å². The smallest absolute Gasteiger partial charge is 0.340 e. The molecule has 4 rings (SSSR count). The second kappa shape index (κ2) is 10.2. The highest BCUT2D eigenvalue weighted by molar-refractivity contribution is 7.53. The van der Waals surface area contributed by atoms with Crippen LogP contribution in [0.2, 0.25) is 0 Å². The first kappa shape index (κ1) is 25.0. The van der Waals surface area contributed by atoms with Gasteiger partial charge in [-0.2, -0.15) is 0 Å². The zero-order chi connectivity index (χ0) is 25.2. The average molecular weight is 499 g/mol.